The molecule has 0 saturated carbocycles. The van der Waals surface area contributed by atoms with Crippen LogP contribution in [0.3, 0.4) is 0 Å². The molecule has 7 nitrogen and oxygen atoms in total. The fraction of sp³-hybridized carbons (Fsp3) is 0.636. The zero-order valence-electron chi connectivity index (χ0n) is 18.3. The normalized spacial score (nSPS) is 11.7. The molecule has 170 valence electrons. The van der Waals surface area contributed by atoms with Crippen molar-refractivity contribution in [3.05, 3.63) is 29.8 Å². The summed E-state index contributed by atoms with van der Waals surface area (Å²) < 4.78 is 16.1. The number of carbonyl (C=O) groups excluding carboxylic acids is 1. The topological polar surface area (TPSA) is 85.3 Å². The molecule has 1 atom stereocenters. The van der Waals surface area contributed by atoms with Crippen LogP contribution in [-0.2, 0) is 20.7 Å². The van der Waals surface area contributed by atoms with E-state index in [9.17, 15) is 14.7 Å². The molecule has 1 rings (SSSR count). The Hall–Kier alpha value is -1.93. The highest BCUT2D eigenvalue weighted by Crippen LogP contribution is 2.15. The number of carboxylic acids is 1. The maximum atomic E-state index is 12.1. The number of carbonyl (C=O) groups is 2. The van der Waals surface area contributed by atoms with Crippen molar-refractivity contribution in [3.63, 3.8) is 0 Å². The van der Waals surface area contributed by atoms with Gasteiger partial charge in [-0.2, -0.15) is 11.8 Å². The third-order valence-electron chi connectivity index (χ3n) is 4.21. The quantitative estimate of drug-likeness (QED) is 0.387. The summed E-state index contributed by atoms with van der Waals surface area (Å²) in [4.78, 5) is 25.0. The van der Waals surface area contributed by atoms with Crippen LogP contribution in [-0.4, -0.2) is 72.6 Å². The predicted molar refractivity (Wildman–Crippen MR) is 120 cm³/mol. The molecule has 0 heterocycles. The first-order chi connectivity index (χ1) is 14.5. The third-order valence-corrected chi connectivity index (χ3v) is 5.48. The van der Waals surface area contributed by atoms with E-state index in [0.29, 0.717) is 45.1 Å². The molecular weight excluding hydrogens is 406 g/mol. The van der Waals surface area contributed by atoms with Crippen molar-refractivity contribution in [2.45, 2.75) is 46.1 Å². The number of aliphatic carboxylic acids is 1. The Morgan fingerprint density at radius 1 is 1.07 bits per heavy atom. The number of rotatable bonds is 16. The highest BCUT2D eigenvalue weighted by molar-refractivity contribution is 7.99. The van der Waals surface area contributed by atoms with Gasteiger partial charge in [-0.3, -0.25) is 0 Å². The van der Waals surface area contributed by atoms with Crippen molar-refractivity contribution in [2.75, 3.05) is 44.4 Å². The smallest absolute Gasteiger partial charge is 0.409 e. The van der Waals surface area contributed by atoms with Gasteiger partial charge in [0.15, 0.2) is 6.10 Å². The van der Waals surface area contributed by atoms with E-state index in [4.69, 9.17) is 14.2 Å². The minimum absolute atomic E-state index is 0.302. The number of benzene rings is 1. The molecule has 1 amide bonds. The van der Waals surface area contributed by atoms with E-state index in [-0.39, 0.29) is 6.09 Å². The Morgan fingerprint density at radius 2 is 1.80 bits per heavy atom. The molecule has 0 aliphatic rings. The monoisotopic (exact) mass is 441 g/mol. The fourth-order valence-corrected chi connectivity index (χ4v) is 3.57. The second kappa shape index (κ2) is 15.8. The van der Waals surface area contributed by atoms with E-state index in [1.807, 2.05) is 23.9 Å². The lowest BCUT2D eigenvalue weighted by atomic mass is 10.1. The lowest BCUT2D eigenvalue weighted by molar-refractivity contribution is -0.149. The van der Waals surface area contributed by atoms with Gasteiger partial charge in [0.2, 0.25) is 0 Å². The Kier molecular flexibility index (Phi) is 13.8. The maximum Gasteiger partial charge on any atom is 0.409 e. The van der Waals surface area contributed by atoms with Gasteiger partial charge < -0.3 is 24.2 Å². The van der Waals surface area contributed by atoms with Gasteiger partial charge in [-0.25, -0.2) is 9.59 Å². The molecule has 0 aliphatic heterocycles. The SMILES string of the molecule is CCCSCCCN(CCOc1ccc(CC(OCC)C(=O)O)cc1)C(=O)OCC. The number of carboxylic acid groups (broad SMARTS) is 1. The van der Waals surface area contributed by atoms with Gasteiger partial charge in [-0.05, 0) is 55.9 Å². The van der Waals surface area contributed by atoms with Crippen molar-refractivity contribution in [1.29, 1.82) is 0 Å². The van der Waals surface area contributed by atoms with Crippen LogP contribution in [0.15, 0.2) is 24.3 Å². The summed E-state index contributed by atoms with van der Waals surface area (Å²) >= 11 is 1.90. The molecule has 0 saturated heterocycles. The van der Waals surface area contributed by atoms with Gasteiger partial charge in [-0.1, -0.05) is 19.1 Å². The fourth-order valence-electron chi connectivity index (χ4n) is 2.74. The molecular formula is C22H35NO6S. The maximum absolute atomic E-state index is 12.1. The second-order valence-corrected chi connectivity index (χ2v) is 7.86. The van der Waals surface area contributed by atoms with Crippen LogP contribution in [0.2, 0.25) is 0 Å². The zero-order valence-corrected chi connectivity index (χ0v) is 19.1. The molecule has 1 aromatic rings. The molecule has 1 aromatic carbocycles. The highest BCUT2D eigenvalue weighted by Gasteiger charge is 2.18. The molecule has 1 N–H and O–H groups in total. The van der Waals surface area contributed by atoms with Gasteiger partial charge in [-0.15, -0.1) is 0 Å². The van der Waals surface area contributed by atoms with E-state index >= 15 is 0 Å². The van der Waals surface area contributed by atoms with Gasteiger partial charge in [0.1, 0.15) is 12.4 Å². The van der Waals surface area contributed by atoms with E-state index in [1.165, 1.54) is 0 Å². The van der Waals surface area contributed by atoms with Gasteiger partial charge >= 0.3 is 12.1 Å². The molecule has 1 unspecified atom stereocenters. The Balaban J connectivity index is 2.48. The molecule has 0 fully saturated rings. The molecule has 0 spiro atoms. The lowest BCUT2D eigenvalue weighted by Crippen LogP contribution is -2.36. The molecule has 0 radical (unpaired) electrons. The first-order valence-electron chi connectivity index (χ1n) is 10.6. The zero-order chi connectivity index (χ0) is 22.2. The van der Waals surface area contributed by atoms with Crippen LogP contribution in [0.5, 0.6) is 5.75 Å². The van der Waals surface area contributed by atoms with Crippen molar-refractivity contribution < 1.29 is 28.9 Å². The number of nitrogens with zero attached hydrogens (tertiary/aromatic N) is 1. The van der Waals surface area contributed by atoms with Crippen LogP contribution in [0.1, 0.15) is 39.2 Å². The van der Waals surface area contributed by atoms with E-state index in [0.717, 1.165) is 29.9 Å². The first-order valence-corrected chi connectivity index (χ1v) is 11.7. The molecule has 0 aromatic heterocycles. The number of hydrogen-bond acceptors (Lipinski definition) is 6. The summed E-state index contributed by atoms with van der Waals surface area (Å²) in [5.41, 5.74) is 0.862. The largest absolute Gasteiger partial charge is 0.492 e. The molecule has 0 aliphatic carbocycles. The summed E-state index contributed by atoms with van der Waals surface area (Å²) in [5, 5.41) is 9.18. The number of hydrogen-bond donors (Lipinski definition) is 1. The Labute approximate surface area is 184 Å². The molecule has 8 heteroatoms. The van der Waals surface area contributed by atoms with E-state index < -0.39 is 12.1 Å². The van der Waals surface area contributed by atoms with Crippen LogP contribution in [0.4, 0.5) is 4.79 Å². The third kappa shape index (κ3) is 10.7. The molecule has 30 heavy (non-hydrogen) atoms. The summed E-state index contributed by atoms with van der Waals surface area (Å²) in [6.45, 7) is 7.88. The minimum atomic E-state index is -0.968. The van der Waals surface area contributed by atoms with E-state index in [1.54, 1.807) is 30.9 Å². The average molecular weight is 442 g/mol. The van der Waals surface area contributed by atoms with Crippen molar-refractivity contribution in [3.8, 4) is 5.75 Å². The van der Waals surface area contributed by atoms with Gasteiger partial charge in [0.25, 0.3) is 0 Å². The highest BCUT2D eigenvalue weighted by atomic mass is 32.2. The summed E-state index contributed by atoms with van der Waals surface area (Å²) in [6.07, 6.45) is 1.21. The van der Waals surface area contributed by atoms with Crippen LogP contribution >= 0.6 is 11.8 Å². The summed E-state index contributed by atoms with van der Waals surface area (Å²) in [6, 6.07) is 7.27. The Morgan fingerprint density at radius 3 is 2.40 bits per heavy atom. The van der Waals surface area contributed by atoms with E-state index in [2.05, 4.69) is 6.92 Å². The minimum Gasteiger partial charge on any atom is -0.492 e. The van der Waals surface area contributed by atoms with Gasteiger partial charge in [0.05, 0.1) is 13.2 Å². The van der Waals surface area contributed by atoms with Gasteiger partial charge in [0, 0.05) is 19.6 Å². The number of ether oxygens (including phenoxy) is 3. The number of thioether (sulfide) groups is 1. The van der Waals surface area contributed by atoms with Crippen LogP contribution in [0.25, 0.3) is 0 Å². The number of amides is 1. The Bertz CT molecular complexity index is 610. The summed E-state index contributed by atoms with van der Waals surface area (Å²) in [7, 11) is 0. The van der Waals surface area contributed by atoms with Crippen LogP contribution < -0.4 is 4.74 Å². The standard InChI is InChI=1S/C22H35NO6S/c1-4-15-30-16-7-12-23(22(26)28-6-3)13-14-29-19-10-8-18(9-11-19)17-20(21(24)25)27-5-2/h8-11,20H,4-7,12-17H2,1-3H3,(H,24,25). The van der Waals surface area contributed by atoms with Crippen molar-refractivity contribution in [1.82, 2.24) is 4.90 Å². The second-order valence-electron chi connectivity index (χ2n) is 6.63. The first kappa shape index (κ1) is 26.1. The summed E-state index contributed by atoms with van der Waals surface area (Å²) in [5.74, 6) is 1.86. The average Bonchev–Trinajstić information content (AvgIpc) is 2.73. The van der Waals surface area contributed by atoms with Crippen LogP contribution in [0, 0.1) is 0 Å². The molecule has 0 bridgehead atoms. The predicted octanol–water partition coefficient (Wildman–Crippen LogP) is 4.09. The lowest BCUT2D eigenvalue weighted by Gasteiger charge is -2.22. The van der Waals surface area contributed by atoms with Crippen molar-refractivity contribution in [2.24, 2.45) is 0 Å². The van der Waals surface area contributed by atoms with Crippen molar-refractivity contribution >= 4 is 23.8 Å².